The third-order valence-electron chi connectivity index (χ3n) is 4.73. The zero-order valence-electron chi connectivity index (χ0n) is 17.4. The van der Waals surface area contributed by atoms with E-state index in [0.29, 0.717) is 23.7 Å². The van der Waals surface area contributed by atoms with Crippen LogP contribution in [-0.4, -0.2) is 29.1 Å². The first-order valence-corrected chi connectivity index (χ1v) is 11.4. The maximum absolute atomic E-state index is 12.9. The molecular formula is C24H18BrNO6S. The van der Waals surface area contributed by atoms with Gasteiger partial charge in [-0.25, -0.2) is 4.79 Å². The van der Waals surface area contributed by atoms with Gasteiger partial charge in [0.15, 0.2) is 0 Å². The first-order valence-electron chi connectivity index (χ1n) is 9.83. The normalized spacial score (nSPS) is 14.7. The molecule has 1 aliphatic rings. The summed E-state index contributed by atoms with van der Waals surface area (Å²) in [6, 6.07) is 18.2. The number of hydrogen-bond donors (Lipinski definition) is 0. The number of furan rings is 1. The van der Waals surface area contributed by atoms with E-state index in [4.69, 9.17) is 9.15 Å². The number of rotatable bonds is 7. The number of amides is 2. The van der Waals surface area contributed by atoms with Gasteiger partial charge in [-0.1, -0.05) is 46.3 Å². The van der Waals surface area contributed by atoms with Crippen LogP contribution in [0.4, 0.5) is 4.79 Å². The lowest BCUT2D eigenvalue weighted by molar-refractivity contribution is -0.123. The molecule has 9 heteroatoms. The van der Waals surface area contributed by atoms with Crippen LogP contribution in [0.1, 0.15) is 27.4 Å². The van der Waals surface area contributed by atoms with Crippen LogP contribution in [-0.2, 0) is 22.7 Å². The van der Waals surface area contributed by atoms with Crippen LogP contribution in [0.3, 0.4) is 0 Å². The molecule has 2 amide bonds. The summed E-state index contributed by atoms with van der Waals surface area (Å²) in [6.45, 7) is 0.278. The molecule has 0 N–H and O–H groups in total. The molecule has 1 saturated heterocycles. The number of hydrogen-bond acceptors (Lipinski definition) is 7. The molecule has 0 atom stereocenters. The molecular weight excluding hydrogens is 510 g/mol. The number of carbonyl (C=O) groups is 3. The predicted octanol–water partition coefficient (Wildman–Crippen LogP) is 5.64. The highest BCUT2D eigenvalue weighted by Crippen LogP contribution is 2.36. The second kappa shape index (κ2) is 10.1. The van der Waals surface area contributed by atoms with Crippen LogP contribution < -0.4 is 4.74 Å². The maximum Gasteiger partial charge on any atom is 0.373 e. The zero-order chi connectivity index (χ0) is 23.4. The van der Waals surface area contributed by atoms with E-state index in [9.17, 15) is 14.4 Å². The molecule has 2 aromatic carbocycles. The molecule has 168 valence electrons. The number of imide groups is 1. The van der Waals surface area contributed by atoms with Gasteiger partial charge in [-0.3, -0.25) is 14.5 Å². The standard InChI is InChI=1S/C24H18BrNO6S/c1-30-23(28)20-10-8-18(32-20)13-26-22(27)21(33-24(26)29)12-16-11-17(25)7-9-19(16)31-14-15-5-3-2-4-6-15/h2-12H,13-14H2,1H3/b21-12+. The van der Waals surface area contributed by atoms with Crippen LogP contribution in [0.2, 0.25) is 0 Å². The Morgan fingerprint density at radius 2 is 1.91 bits per heavy atom. The summed E-state index contributed by atoms with van der Waals surface area (Å²) in [6.07, 6.45) is 1.64. The van der Waals surface area contributed by atoms with Gasteiger partial charge in [-0.2, -0.15) is 0 Å². The molecule has 33 heavy (non-hydrogen) atoms. The van der Waals surface area contributed by atoms with Crippen LogP contribution >= 0.6 is 27.7 Å². The van der Waals surface area contributed by atoms with Gasteiger partial charge in [-0.15, -0.1) is 0 Å². The summed E-state index contributed by atoms with van der Waals surface area (Å²) in [4.78, 5) is 38.3. The van der Waals surface area contributed by atoms with E-state index >= 15 is 0 Å². The van der Waals surface area contributed by atoms with Gasteiger partial charge < -0.3 is 13.9 Å². The summed E-state index contributed by atoms with van der Waals surface area (Å²) >= 11 is 4.28. The van der Waals surface area contributed by atoms with Gasteiger partial charge in [-0.05, 0) is 53.7 Å². The molecule has 0 radical (unpaired) electrons. The van der Waals surface area contributed by atoms with Crippen LogP contribution in [0.25, 0.3) is 6.08 Å². The van der Waals surface area contributed by atoms with Crippen molar-refractivity contribution in [1.82, 2.24) is 4.90 Å². The quantitative estimate of drug-likeness (QED) is 0.290. The van der Waals surface area contributed by atoms with E-state index in [1.807, 2.05) is 42.5 Å². The van der Waals surface area contributed by atoms with E-state index < -0.39 is 17.1 Å². The Kier molecular flexibility index (Phi) is 7.00. The fraction of sp³-hybridized carbons (Fsp3) is 0.125. The topological polar surface area (TPSA) is 86.0 Å². The molecule has 0 spiro atoms. The monoisotopic (exact) mass is 527 g/mol. The molecule has 0 saturated carbocycles. The van der Waals surface area contributed by atoms with Gasteiger partial charge in [0.05, 0.1) is 18.6 Å². The lowest BCUT2D eigenvalue weighted by atomic mass is 10.1. The first kappa shape index (κ1) is 22.9. The third kappa shape index (κ3) is 5.37. The van der Waals surface area contributed by atoms with Crippen LogP contribution in [0, 0.1) is 0 Å². The minimum absolute atomic E-state index is 0.00403. The molecule has 2 heterocycles. The van der Waals surface area contributed by atoms with Gasteiger partial charge in [0.1, 0.15) is 18.1 Å². The van der Waals surface area contributed by atoms with E-state index in [1.165, 1.54) is 19.2 Å². The number of ether oxygens (including phenoxy) is 2. The van der Waals surface area contributed by atoms with Gasteiger partial charge in [0, 0.05) is 10.0 Å². The Morgan fingerprint density at radius 1 is 1.12 bits per heavy atom. The Hall–Kier alpha value is -3.30. The van der Waals surface area contributed by atoms with Gasteiger partial charge in [0.2, 0.25) is 5.76 Å². The summed E-state index contributed by atoms with van der Waals surface area (Å²) in [7, 11) is 1.24. The summed E-state index contributed by atoms with van der Waals surface area (Å²) in [5.74, 6) is -0.191. The molecule has 1 aliphatic heterocycles. The SMILES string of the molecule is COC(=O)c1ccc(CN2C(=O)S/C(=C/c3cc(Br)ccc3OCc3ccccc3)C2=O)o1. The lowest BCUT2D eigenvalue weighted by Crippen LogP contribution is -2.27. The van der Waals surface area contributed by atoms with Crippen molar-refractivity contribution in [3.05, 3.63) is 92.7 Å². The molecule has 0 bridgehead atoms. The van der Waals surface area contributed by atoms with E-state index in [2.05, 4.69) is 20.7 Å². The molecule has 4 rings (SSSR count). The Morgan fingerprint density at radius 3 is 2.67 bits per heavy atom. The Labute approximate surface area is 202 Å². The number of thioether (sulfide) groups is 1. The molecule has 0 aliphatic carbocycles. The predicted molar refractivity (Wildman–Crippen MR) is 126 cm³/mol. The van der Waals surface area contributed by atoms with Crippen molar-refractivity contribution >= 4 is 50.9 Å². The van der Waals surface area contributed by atoms with E-state index in [0.717, 1.165) is 26.7 Å². The van der Waals surface area contributed by atoms with Crippen LogP contribution in [0.5, 0.6) is 5.75 Å². The summed E-state index contributed by atoms with van der Waals surface area (Å²) in [5.41, 5.74) is 1.67. The minimum Gasteiger partial charge on any atom is -0.488 e. The highest BCUT2D eigenvalue weighted by atomic mass is 79.9. The number of benzene rings is 2. The highest BCUT2D eigenvalue weighted by Gasteiger charge is 2.36. The lowest BCUT2D eigenvalue weighted by Gasteiger charge is -2.11. The average molecular weight is 528 g/mol. The van der Waals surface area contributed by atoms with Crippen molar-refractivity contribution in [3.63, 3.8) is 0 Å². The van der Waals surface area contributed by atoms with Crippen molar-refractivity contribution in [2.45, 2.75) is 13.2 Å². The minimum atomic E-state index is -0.632. The summed E-state index contributed by atoms with van der Waals surface area (Å²) in [5, 5.41) is -0.427. The fourth-order valence-corrected chi connectivity index (χ4v) is 4.31. The Balaban J connectivity index is 1.52. The number of halogens is 1. The second-order valence-electron chi connectivity index (χ2n) is 6.98. The highest BCUT2D eigenvalue weighted by molar-refractivity contribution is 9.10. The first-order chi connectivity index (χ1) is 15.9. The number of methoxy groups -OCH3 is 1. The van der Waals surface area contributed by atoms with E-state index in [1.54, 1.807) is 12.1 Å². The Bertz CT molecular complexity index is 1240. The summed E-state index contributed by atoms with van der Waals surface area (Å²) < 4.78 is 16.8. The van der Waals surface area contributed by atoms with Crippen LogP contribution in [0.15, 0.2) is 74.5 Å². The van der Waals surface area contributed by atoms with Gasteiger partial charge in [0.25, 0.3) is 11.1 Å². The number of esters is 1. The average Bonchev–Trinajstić information content (AvgIpc) is 3.39. The van der Waals surface area contributed by atoms with Crippen molar-refractivity contribution < 1.29 is 28.3 Å². The molecule has 3 aromatic rings. The fourth-order valence-electron chi connectivity index (χ4n) is 3.11. The number of nitrogens with zero attached hydrogens (tertiary/aromatic N) is 1. The van der Waals surface area contributed by atoms with Crippen molar-refractivity contribution in [2.24, 2.45) is 0 Å². The second-order valence-corrected chi connectivity index (χ2v) is 8.89. The smallest absolute Gasteiger partial charge is 0.373 e. The molecule has 7 nitrogen and oxygen atoms in total. The van der Waals surface area contributed by atoms with Crippen molar-refractivity contribution in [2.75, 3.05) is 7.11 Å². The largest absolute Gasteiger partial charge is 0.488 e. The third-order valence-corrected chi connectivity index (χ3v) is 6.13. The molecule has 0 unspecified atom stereocenters. The maximum atomic E-state index is 12.9. The zero-order valence-corrected chi connectivity index (χ0v) is 19.9. The van der Waals surface area contributed by atoms with Crippen molar-refractivity contribution in [1.29, 1.82) is 0 Å². The molecule has 1 fully saturated rings. The van der Waals surface area contributed by atoms with E-state index in [-0.39, 0.29) is 17.2 Å². The van der Waals surface area contributed by atoms with Gasteiger partial charge >= 0.3 is 5.97 Å². The van der Waals surface area contributed by atoms with Crippen molar-refractivity contribution in [3.8, 4) is 5.75 Å². The number of carbonyl (C=O) groups excluding carboxylic acids is 3. The molecule has 1 aromatic heterocycles.